The Morgan fingerprint density at radius 1 is 0.962 bits per heavy atom. The molecule has 3 nitrogen and oxygen atoms in total. The molecule has 6 heteroatoms. The SMILES string of the molecule is Cc1ccc(-c2csc3ncnc(Nc4ccc(I)cc4)c23)cc1C.Cl. The van der Waals surface area contributed by atoms with Crippen molar-refractivity contribution in [3.8, 4) is 11.1 Å². The van der Waals surface area contributed by atoms with Crippen LogP contribution < -0.4 is 5.32 Å². The van der Waals surface area contributed by atoms with Gasteiger partial charge < -0.3 is 5.32 Å². The molecular weight excluding hydrogens is 477 g/mol. The van der Waals surface area contributed by atoms with E-state index in [4.69, 9.17) is 0 Å². The van der Waals surface area contributed by atoms with Gasteiger partial charge in [-0.25, -0.2) is 9.97 Å². The summed E-state index contributed by atoms with van der Waals surface area (Å²) in [6.45, 7) is 4.28. The molecule has 0 aliphatic rings. The maximum absolute atomic E-state index is 4.51. The van der Waals surface area contributed by atoms with Crippen LogP contribution in [0, 0.1) is 17.4 Å². The first-order valence-electron chi connectivity index (χ1n) is 7.94. The van der Waals surface area contributed by atoms with Crippen LogP contribution in [0.4, 0.5) is 11.5 Å². The van der Waals surface area contributed by atoms with E-state index in [9.17, 15) is 0 Å². The first kappa shape index (κ1) is 19.1. The van der Waals surface area contributed by atoms with Gasteiger partial charge in [0.15, 0.2) is 0 Å². The lowest BCUT2D eigenvalue weighted by Gasteiger charge is -2.09. The Bertz CT molecular complexity index is 1060. The molecule has 0 aliphatic carbocycles. The van der Waals surface area contributed by atoms with Crippen molar-refractivity contribution in [2.75, 3.05) is 5.32 Å². The maximum atomic E-state index is 4.51. The molecule has 0 spiro atoms. The van der Waals surface area contributed by atoms with Gasteiger partial charge in [0.2, 0.25) is 0 Å². The zero-order valence-corrected chi connectivity index (χ0v) is 18.1. The van der Waals surface area contributed by atoms with Crippen LogP contribution in [-0.4, -0.2) is 9.97 Å². The van der Waals surface area contributed by atoms with Crippen LogP contribution in [0.25, 0.3) is 21.3 Å². The number of hydrogen-bond acceptors (Lipinski definition) is 4. The molecule has 0 saturated carbocycles. The quantitative estimate of drug-likeness (QED) is 0.321. The van der Waals surface area contributed by atoms with Crippen LogP contribution in [0.5, 0.6) is 0 Å². The third-order valence-electron chi connectivity index (χ3n) is 4.30. The van der Waals surface area contributed by atoms with Crippen LogP contribution in [0.3, 0.4) is 0 Å². The second kappa shape index (κ2) is 7.90. The van der Waals surface area contributed by atoms with E-state index in [1.165, 1.54) is 25.8 Å². The highest BCUT2D eigenvalue weighted by Crippen LogP contribution is 2.37. The summed E-state index contributed by atoms with van der Waals surface area (Å²) in [4.78, 5) is 9.95. The Labute approximate surface area is 176 Å². The molecule has 0 radical (unpaired) electrons. The normalized spacial score (nSPS) is 10.6. The lowest BCUT2D eigenvalue weighted by Crippen LogP contribution is -1.95. The Hall–Kier alpha value is -1.70. The van der Waals surface area contributed by atoms with Gasteiger partial charge in [0.1, 0.15) is 17.0 Å². The summed E-state index contributed by atoms with van der Waals surface area (Å²) in [7, 11) is 0. The number of thiophene rings is 1. The molecule has 0 fully saturated rings. The predicted octanol–water partition coefficient (Wildman–Crippen LogP) is 6.75. The lowest BCUT2D eigenvalue weighted by atomic mass is 10.0. The second-order valence-electron chi connectivity index (χ2n) is 5.98. The van der Waals surface area contributed by atoms with Gasteiger partial charge in [-0.2, -0.15) is 0 Å². The molecule has 0 amide bonds. The molecule has 0 atom stereocenters. The number of nitrogens with one attached hydrogen (secondary N) is 1. The fourth-order valence-corrected chi connectivity index (χ4v) is 4.04. The number of nitrogens with zero attached hydrogens (tertiary/aromatic N) is 2. The van der Waals surface area contributed by atoms with E-state index in [2.05, 4.69) is 99.6 Å². The van der Waals surface area contributed by atoms with Gasteiger partial charge in [0.05, 0.1) is 5.39 Å². The maximum Gasteiger partial charge on any atom is 0.143 e. The van der Waals surface area contributed by atoms with Crippen LogP contribution in [0.1, 0.15) is 11.1 Å². The van der Waals surface area contributed by atoms with E-state index < -0.39 is 0 Å². The molecule has 2 heterocycles. The number of benzene rings is 2. The highest BCUT2D eigenvalue weighted by atomic mass is 127. The highest BCUT2D eigenvalue weighted by molar-refractivity contribution is 14.1. The van der Waals surface area contributed by atoms with Gasteiger partial charge >= 0.3 is 0 Å². The summed E-state index contributed by atoms with van der Waals surface area (Å²) in [5.74, 6) is 0.848. The number of rotatable bonds is 3. The lowest BCUT2D eigenvalue weighted by molar-refractivity contribution is 1.23. The van der Waals surface area contributed by atoms with Crippen molar-refractivity contribution in [3.05, 3.63) is 68.9 Å². The standard InChI is InChI=1S/C20H16IN3S.ClH/c1-12-3-4-14(9-13(12)2)17-10-25-20-18(17)19(22-11-23-20)24-16-7-5-15(21)6-8-16;/h3-11H,1-2H3,(H,22,23,24);1H. The molecule has 132 valence electrons. The van der Waals surface area contributed by atoms with Crippen LogP contribution >= 0.6 is 46.3 Å². The van der Waals surface area contributed by atoms with Crippen LogP contribution in [0.2, 0.25) is 0 Å². The summed E-state index contributed by atoms with van der Waals surface area (Å²) in [5, 5.41) is 6.70. The van der Waals surface area contributed by atoms with E-state index in [1.54, 1.807) is 17.7 Å². The van der Waals surface area contributed by atoms with E-state index in [-0.39, 0.29) is 12.4 Å². The van der Waals surface area contributed by atoms with Gasteiger partial charge in [-0.05, 0) is 77.4 Å². The molecule has 4 rings (SSSR count). The van der Waals surface area contributed by atoms with Crippen molar-refractivity contribution >= 4 is 68.1 Å². The first-order chi connectivity index (χ1) is 12.1. The molecule has 1 N–H and O–H groups in total. The number of anilines is 2. The van der Waals surface area contributed by atoms with Gasteiger partial charge in [0, 0.05) is 20.2 Å². The minimum atomic E-state index is 0. The highest BCUT2D eigenvalue weighted by Gasteiger charge is 2.13. The minimum Gasteiger partial charge on any atom is -0.340 e. The summed E-state index contributed by atoms with van der Waals surface area (Å²) in [6, 6.07) is 14.9. The smallest absolute Gasteiger partial charge is 0.143 e. The van der Waals surface area contributed by atoms with E-state index >= 15 is 0 Å². The first-order valence-corrected chi connectivity index (χ1v) is 9.90. The van der Waals surface area contributed by atoms with E-state index in [1.807, 2.05) is 0 Å². The predicted molar refractivity (Wildman–Crippen MR) is 122 cm³/mol. The van der Waals surface area contributed by atoms with Crippen molar-refractivity contribution in [3.63, 3.8) is 0 Å². The molecule has 2 aromatic carbocycles. The molecule has 0 saturated heterocycles. The number of fused-ring (bicyclic) bond motifs is 1. The summed E-state index contributed by atoms with van der Waals surface area (Å²) < 4.78 is 1.21. The van der Waals surface area contributed by atoms with Crippen LogP contribution in [-0.2, 0) is 0 Å². The van der Waals surface area contributed by atoms with Crippen molar-refractivity contribution in [2.24, 2.45) is 0 Å². The number of aromatic nitrogens is 2. The van der Waals surface area contributed by atoms with Crippen LogP contribution in [0.15, 0.2) is 54.2 Å². The third-order valence-corrected chi connectivity index (χ3v) is 5.90. The summed E-state index contributed by atoms with van der Waals surface area (Å²) in [6.07, 6.45) is 1.62. The average Bonchev–Trinajstić information content (AvgIpc) is 3.04. The molecule has 26 heavy (non-hydrogen) atoms. The van der Waals surface area contributed by atoms with Crippen molar-refractivity contribution in [1.29, 1.82) is 0 Å². The monoisotopic (exact) mass is 493 g/mol. The third kappa shape index (κ3) is 3.70. The Morgan fingerprint density at radius 3 is 2.46 bits per heavy atom. The molecule has 0 bridgehead atoms. The van der Waals surface area contributed by atoms with E-state index in [0.717, 1.165) is 21.7 Å². The topological polar surface area (TPSA) is 37.8 Å². The zero-order chi connectivity index (χ0) is 17.4. The van der Waals surface area contributed by atoms with Gasteiger partial charge in [-0.3, -0.25) is 0 Å². The molecule has 0 aliphatic heterocycles. The largest absolute Gasteiger partial charge is 0.340 e. The van der Waals surface area contributed by atoms with Gasteiger partial charge in [-0.15, -0.1) is 23.7 Å². The summed E-state index contributed by atoms with van der Waals surface area (Å²) >= 11 is 3.96. The Morgan fingerprint density at radius 2 is 1.73 bits per heavy atom. The van der Waals surface area contributed by atoms with E-state index in [0.29, 0.717) is 0 Å². The second-order valence-corrected chi connectivity index (χ2v) is 8.09. The van der Waals surface area contributed by atoms with Gasteiger partial charge in [-0.1, -0.05) is 18.2 Å². The molecule has 0 unspecified atom stereocenters. The fraction of sp³-hybridized carbons (Fsp3) is 0.100. The zero-order valence-electron chi connectivity index (χ0n) is 14.3. The van der Waals surface area contributed by atoms with Crippen molar-refractivity contribution in [1.82, 2.24) is 9.97 Å². The molecule has 2 aromatic heterocycles. The summed E-state index contributed by atoms with van der Waals surface area (Å²) in [5.41, 5.74) is 6.00. The fourth-order valence-electron chi connectivity index (χ4n) is 2.76. The Balaban J connectivity index is 0.00000196. The Kier molecular flexibility index (Phi) is 5.79. The average molecular weight is 494 g/mol. The van der Waals surface area contributed by atoms with Gasteiger partial charge in [0.25, 0.3) is 0 Å². The molecular formula is C20H17ClIN3S. The number of hydrogen-bond donors (Lipinski definition) is 1. The number of aryl methyl sites for hydroxylation is 2. The van der Waals surface area contributed by atoms with Crippen molar-refractivity contribution in [2.45, 2.75) is 13.8 Å². The van der Waals surface area contributed by atoms with Crippen molar-refractivity contribution < 1.29 is 0 Å². The number of halogens is 2. The molecule has 4 aromatic rings. The minimum absolute atomic E-state index is 0.